The van der Waals surface area contributed by atoms with E-state index in [2.05, 4.69) is 10.1 Å². The number of amides is 1. The zero-order chi connectivity index (χ0) is 12.6. The first-order valence-corrected chi connectivity index (χ1v) is 4.59. The van der Waals surface area contributed by atoms with Crippen LogP contribution in [0.25, 0.3) is 0 Å². The number of ether oxygens (including phenoxy) is 1. The average Bonchev–Trinajstić information content (AvgIpc) is 2.36. The lowest BCUT2D eigenvalue weighted by molar-refractivity contribution is -0.303. The van der Waals surface area contributed by atoms with Crippen molar-refractivity contribution in [1.82, 2.24) is 5.32 Å². The Morgan fingerprint density at radius 3 is 2.65 bits per heavy atom. The molecule has 1 aliphatic carbocycles. The molecule has 17 heavy (non-hydrogen) atoms. The smallest absolute Gasteiger partial charge is 0.406 e. The Morgan fingerprint density at radius 1 is 1.29 bits per heavy atom. The Kier molecular flexibility index (Phi) is 2.53. The molecule has 0 fully saturated rings. The van der Waals surface area contributed by atoms with Gasteiger partial charge in [-0.15, -0.1) is 13.2 Å². The van der Waals surface area contributed by atoms with Gasteiger partial charge in [0.1, 0.15) is 5.76 Å². The molecule has 7 heteroatoms. The number of alkyl halides is 3. The number of carbonyl (C=O) groups excluding carboxylic acids is 2. The second kappa shape index (κ2) is 3.76. The van der Waals surface area contributed by atoms with Gasteiger partial charge in [0.2, 0.25) is 0 Å². The molecule has 90 valence electrons. The number of halogens is 3. The molecule has 2 rings (SSSR count). The Hall–Kier alpha value is -2.05. The fraction of sp³-hybridized carbons (Fsp3) is 0.200. The highest BCUT2D eigenvalue weighted by atomic mass is 19.4. The summed E-state index contributed by atoms with van der Waals surface area (Å²) in [7, 11) is 0. The molecule has 4 nitrogen and oxygen atoms in total. The first-order chi connectivity index (χ1) is 7.87. The fourth-order valence-electron chi connectivity index (χ4n) is 1.51. The van der Waals surface area contributed by atoms with Crippen LogP contribution in [0.5, 0.6) is 0 Å². The first-order valence-electron chi connectivity index (χ1n) is 4.59. The molecule has 1 N–H and O–H groups in total. The van der Waals surface area contributed by atoms with E-state index in [0.717, 1.165) is 12.2 Å². The molecule has 0 spiro atoms. The predicted octanol–water partition coefficient (Wildman–Crippen LogP) is 1.32. The lowest BCUT2D eigenvalue weighted by Gasteiger charge is -2.08. The van der Waals surface area contributed by atoms with E-state index in [1.54, 1.807) is 0 Å². The number of hydrogen-bond donors (Lipinski definition) is 1. The molecule has 0 aromatic rings. The topological polar surface area (TPSA) is 55.4 Å². The van der Waals surface area contributed by atoms with Crippen LogP contribution >= 0.6 is 0 Å². The van der Waals surface area contributed by atoms with E-state index in [4.69, 9.17) is 0 Å². The Labute approximate surface area is 93.4 Å². The highest BCUT2D eigenvalue weighted by molar-refractivity contribution is 6.46. The number of ketones is 1. The number of carbonyl (C=O) groups is 2. The van der Waals surface area contributed by atoms with E-state index >= 15 is 0 Å². The summed E-state index contributed by atoms with van der Waals surface area (Å²) in [6.45, 7) is 0. The minimum absolute atomic E-state index is 0.0840. The van der Waals surface area contributed by atoms with Gasteiger partial charge in [0.25, 0.3) is 11.7 Å². The fourth-order valence-corrected chi connectivity index (χ4v) is 1.51. The van der Waals surface area contributed by atoms with Crippen molar-refractivity contribution in [3.05, 3.63) is 35.3 Å². The minimum Gasteiger partial charge on any atom is -0.406 e. The van der Waals surface area contributed by atoms with Gasteiger partial charge in [0.15, 0.2) is 0 Å². The summed E-state index contributed by atoms with van der Waals surface area (Å²) in [6, 6.07) is 0. The summed E-state index contributed by atoms with van der Waals surface area (Å²) in [5, 5.41) is 2.29. The molecule has 0 radical (unpaired) electrons. The highest BCUT2D eigenvalue weighted by Crippen LogP contribution is 2.27. The molecule has 0 aromatic heterocycles. The van der Waals surface area contributed by atoms with E-state index in [1.165, 1.54) is 6.08 Å². The van der Waals surface area contributed by atoms with Gasteiger partial charge in [-0.25, -0.2) is 0 Å². The molecule has 0 aromatic carbocycles. The molecule has 1 amide bonds. The van der Waals surface area contributed by atoms with Crippen LogP contribution in [0.15, 0.2) is 35.3 Å². The number of allylic oxidation sites excluding steroid dienone is 3. The molecule has 0 saturated carbocycles. The SMILES string of the molecule is O=C1NC2=C(C=C(OC(F)(F)F)C=CC2)C1=O. The molecule has 1 aliphatic heterocycles. The van der Waals surface area contributed by atoms with E-state index < -0.39 is 23.8 Å². The van der Waals surface area contributed by atoms with Crippen molar-refractivity contribution < 1.29 is 27.5 Å². The Balaban J connectivity index is 2.31. The van der Waals surface area contributed by atoms with Crippen LogP contribution in [0.3, 0.4) is 0 Å². The van der Waals surface area contributed by atoms with Crippen LogP contribution < -0.4 is 5.32 Å². The van der Waals surface area contributed by atoms with Gasteiger partial charge in [0, 0.05) is 12.1 Å². The van der Waals surface area contributed by atoms with Gasteiger partial charge >= 0.3 is 6.36 Å². The lowest BCUT2D eigenvalue weighted by Crippen LogP contribution is -2.21. The molecule has 0 unspecified atom stereocenters. The summed E-state index contributed by atoms with van der Waals surface area (Å²) >= 11 is 0. The van der Waals surface area contributed by atoms with E-state index in [9.17, 15) is 22.8 Å². The third-order valence-corrected chi connectivity index (χ3v) is 2.16. The van der Waals surface area contributed by atoms with Crippen molar-refractivity contribution >= 4 is 11.7 Å². The molecule has 1 heterocycles. The third-order valence-electron chi connectivity index (χ3n) is 2.16. The summed E-state index contributed by atoms with van der Waals surface area (Å²) in [5.74, 6) is -2.22. The normalized spacial score (nSPS) is 19.8. The van der Waals surface area contributed by atoms with Gasteiger partial charge in [-0.1, -0.05) is 6.08 Å². The molecule has 0 saturated heterocycles. The van der Waals surface area contributed by atoms with E-state index in [1.807, 2.05) is 0 Å². The van der Waals surface area contributed by atoms with Crippen LogP contribution in [0.1, 0.15) is 6.42 Å². The second-order valence-electron chi connectivity index (χ2n) is 3.38. The van der Waals surface area contributed by atoms with E-state index in [0.29, 0.717) is 0 Å². The maximum atomic E-state index is 12.0. The summed E-state index contributed by atoms with van der Waals surface area (Å²) < 4.78 is 39.7. The molecule has 0 atom stereocenters. The summed E-state index contributed by atoms with van der Waals surface area (Å²) in [5.41, 5.74) is 0.205. The maximum absolute atomic E-state index is 12.0. The highest BCUT2D eigenvalue weighted by Gasteiger charge is 2.34. The van der Waals surface area contributed by atoms with Gasteiger partial charge in [-0.05, 0) is 12.2 Å². The van der Waals surface area contributed by atoms with Gasteiger partial charge in [-0.3, -0.25) is 9.59 Å². The van der Waals surface area contributed by atoms with Crippen molar-refractivity contribution in [3.63, 3.8) is 0 Å². The second-order valence-corrected chi connectivity index (χ2v) is 3.38. The van der Waals surface area contributed by atoms with Crippen molar-refractivity contribution in [1.29, 1.82) is 0 Å². The molecule has 0 bridgehead atoms. The summed E-state index contributed by atoms with van der Waals surface area (Å²) in [6.07, 6.45) is -1.27. The average molecular weight is 245 g/mol. The van der Waals surface area contributed by atoms with Crippen LogP contribution in [0.2, 0.25) is 0 Å². The molecular weight excluding hydrogens is 239 g/mol. The maximum Gasteiger partial charge on any atom is 0.573 e. The van der Waals surface area contributed by atoms with Crippen molar-refractivity contribution in [2.75, 3.05) is 0 Å². The van der Waals surface area contributed by atoms with Gasteiger partial charge in [0.05, 0.1) is 5.57 Å². The first kappa shape index (κ1) is 11.4. The number of rotatable bonds is 1. The quantitative estimate of drug-likeness (QED) is 0.709. The minimum atomic E-state index is -4.83. The van der Waals surface area contributed by atoms with Crippen molar-refractivity contribution in [2.45, 2.75) is 12.8 Å². The standard InChI is InChI=1S/C10H6F3NO3/c11-10(12,13)17-5-2-1-3-7-6(4-5)8(15)9(16)14-7/h1-2,4H,3H2,(H,14,15,16). The monoisotopic (exact) mass is 245 g/mol. The predicted molar refractivity (Wildman–Crippen MR) is 49.2 cm³/mol. The largest absolute Gasteiger partial charge is 0.573 e. The van der Waals surface area contributed by atoms with Crippen molar-refractivity contribution in [2.24, 2.45) is 0 Å². The molecular formula is C10H6F3NO3. The zero-order valence-electron chi connectivity index (χ0n) is 8.30. The number of Topliss-reactive ketones (excluding diaryl/α,β-unsaturated/α-hetero) is 1. The van der Waals surface area contributed by atoms with Crippen LogP contribution in [0.4, 0.5) is 13.2 Å². The van der Waals surface area contributed by atoms with Gasteiger partial charge in [-0.2, -0.15) is 0 Å². The number of nitrogens with one attached hydrogen (secondary N) is 1. The third kappa shape index (κ3) is 2.38. The van der Waals surface area contributed by atoms with Crippen molar-refractivity contribution in [3.8, 4) is 0 Å². The van der Waals surface area contributed by atoms with Crippen LogP contribution in [0, 0.1) is 0 Å². The van der Waals surface area contributed by atoms with E-state index in [-0.39, 0.29) is 17.7 Å². The number of hydrogen-bond acceptors (Lipinski definition) is 3. The summed E-state index contributed by atoms with van der Waals surface area (Å²) in [4.78, 5) is 22.4. The van der Waals surface area contributed by atoms with Gasteiger partial charge < -0.3 is 10.1 Å². The Morgan fingerprint density at radius 2 is 2.00 bits per heavy atom. The molecule has 2 aliphatic rings. The lowest BCUT2D eigenvalue weighted by atomic mass is 10.1. The van der Waals surface area contributed by atoms with Crippen LogP contribution in [-0.2, 0) is 14.3 Å². The Bertz CT molecular complexity index is 486. The van der Waals surface area contributed by atoms with Crippen LogP contribution in [-0.4, -0.2) is 18.1 Å². The zero-order valence-corrected chi connectivity index (χ0v) is 8.30.